The summed E-state index contributed by atoms with van der Waals surface area (Å²) in [5, 5.41) is 3.47. The van der Waals surface area contributed by atoms with Gasteiger partial charge >= 0.3 is 0 Å². The largest absolute Gasteiger partial charge is 0.356 e. The second-order valence-electron chi connectivity index (χ2n) is 6.95. The molecular formula is C18H31N3. The normalized spacial score (nSPS) is 22.5. The maximum atomic E-state index is 4.84. The van der Waals surface area contributed by atoms with E-state index in [9.17, 15) is 0 Å². The third kappa shape index (κ3) is 4.70. The van der Waals surface area contributed by atoms with Gasteiger partial charge in [0.15, 0.2) is 0 Å². The van der Waals surface area contributed by atoms with Crippen LogP contribution >= 0.6 is 0 Å². The average Bonchev–Trinajstić information content (AvgIpc) is 2.47. The van der Waals surface area contributed by atoms with Crippen molar-refractivity contribution in [2.75, 3.05) is 18.5 Å². The number of aromatic nitrogens is 1. The minimum Gasteiger partial charge on any atom is -0.356 e. The van der Waals surface area contributed by atoms with E-state index in [1.165, 1.54) is 25.7 Å². The maximum absolute atomic E-state index is 4.84. The standard InChI is InChI=1S/C18H31N3/c1-14(2)12-19-13-16-9-7-11-18(20-16)21(4)17-10-6-5-8-15(17)3/h7,9,11,14-15,17,19H,5-6,8,10,12-13H2,1-4H3. The van der Waals surface area contributed by atoms with Gasteiger partial charge in [0.25, 0.3) is 0 Å². The Bertz CT molecular complexity index is 430. The first kappa shape index (κ1) is 16.3. The summed E-state index contributed by atoms with van der Waals surface area (Å²) in [6.45, 7) is 8.75. The monoisotopic (exact) mass is 289 g/mol. The van der Waals surface area contributed by atoms with Crippen molar-refractivity contribution in [3.05, 3.63) is 23.9 Å². The summed E-state index contributed by atoms with van der Waals surface area (Å²) in [6.07, 6.45) is 5.40. The van der Waals surface area contributed by atoms with Crippen LogP contribution < -0.4 is 10.2 Å². The molecule has 21 heavy (non-hydrogen) atoms. The van der Waals surface area contributed by atoms with E-state index < -0.39 is 0 Å². The molecule has 3 nitrogen and oxygen atoms in total. The van der Waals surface area contributed by atoms with Gasteiger partial charge in [0.1, 0.15) is 5.82 Å². The first-order valence-corrected chi connectivity index (χ1v) is 8.47. The summed E-state index contributed by atoms with van der Waals surface area (Å²) in [7, 11) is 2.21. The molecule has 2 atom stereocenters. The van der Waals surface area contributed by atoms with Crippen LogP contribution in [0.3, 0.4) is 0 Å². The second kappa shape index (κ2) is 7.79. The van der Waals surface area contributed by atoms with E-state index in [4.69, 9.17) is 4.98 Å². The third-order valence-electron chi connectivity index (χ3n) is 4.58. The van der Waals surface area contributed by atoms with Gasteiger partial charge in [0.05, 0.1) is 5.69 Å². The van der Waals surface area contributed by atoms with Gasteiger partial charge in [-0.3, -0.25) is 0 Å². The van der Waals surface area contributed by atoms with E-state index in [1.54, 1.807) is 0 Å². The zero-order valence-corrected chi connectivity index (χ0v) is 14.1. The maximum Gasteiger partial charge on any atom is 0.128 e. The van der Waals surface area contributed by atoms with Crippen LogP contribution in [0, 0.1) is 11.8 Å². The van der Waals surface area contributed by atoms with Crippen molar-refractivity contribution in [3.63, 3.8) is 0 Å². The van der Waals surface area contributed by atoms with Gasteiger partial charge in [-0.25, -0.2) is 4.98 Å². The van der Waals surface area contributed by atoms with E-state index in [0.29, 0.717) is 12.0 Å². The molecule has 0 amide bonds. The summed E-state index contributed by atoms with van der Waals surface area (Å²) >= 11 is 0. The number of pyridine rings is 1. The van der Waals surface area contributed by atoms with Crippen LogP contribution in [0.1, 0.15) is 52.1 Å². The molecular weight excluding hydrogens is 258 g/mol. The van der Waals surface area contributed by atoms with Crippen molar-refractivity contribution in [2.24, 2.45) is 11.8 Å². The van der Waals surface area contributed by atoms with Crippen LogP contribution in [-0.4, -0.2) is 24.6 Å². The van der Waals surface area contributed by atoms with Crippen molar-refractivity contribution in [2.45, 2.75) is 59.0 Å². The number of nitrogens with one attached hydrogen (secondary N) is 1. The molecule has 0 spiro atoms. The summed E-state index contributed by atoms with van der Waals surface area (Å²) in [6, 6.07) is 7.05. The average molecular weight is 289 g/mol. The molecule has 1 fully saturated rings. The summed E-state index contributed by atoms with van der Waals surface area (Å²) in [5.41, 5.74) is 1.14. The summed E-state index contributed by atoms with van der Waals surface area (Å²) in [4.78, 5) is 7.24. The lowest BCUT2D eigenvalue weighted by molar-refractivity contribution is 0.320. The molecule has 118 valence electrons. The molecule has 1 saturated carbocycles. The van der Waals surface area contributed by atoms with Gasteiger partial charge in [0, 0.05) is 19.6 Å². The fourth-order valence-corrected chi connectivity index (χ4v) is 3.29. The second-order valence-corrected chi connectivity index (χ2v) is 6.95. The van der Waals surface area contributed by atoms with Gasteiger partial charge < -0.3 is 10.2 Å². The lowest BCUT2D eigenvalue weighted by Crippen LogP contribution is -2.39. The predicted molar refractivity (Wildman–Crippen MR) is 90.6 cm³/mol. The molecule has 1 heterocycles. The lowest BCUT2D eigenvalue weighted by Gasteiger charge is -2.37. The van der Waals surface area contributed by atoms with Gasteiger partial charge in [-0.05, 0) is 43.4 Å². The first-order chi connectivity index (χ1) is 10.1. The molecule has 3 heteroatoms. The molecule has 0 radical (unpaired) electrons. The Hall–Kier alpha value is -1.09. The third-order valence-corrected chi connectivity index (χ3v) is 4.58. The molecule has 1 N–H and O–H groups in total. The highest BCUT2D eigenvalue weighted by Crippen LogP contribution is 2.29. The molecule has 0 bridgehead atoms. The highest BCUT2D eigenvalue weighted by molar-refractivity contribution is 5.40. The van der Waals surface area contributed by atoms with E-state index in [0.717, 1.165) is 30.5 Å². The van der Waals surface area contributed by atoms with Gasteiger partial charge in [-0.2, -0.15) is 0 Å². The summed E-state index contributed by atoms with van der Waals surface area (Å²) in [5.74, 6) is 2.57. The molecule has 2 rings (SSSR count). The quantitative estimate of drug-likeness (QED) is 0.862. The van der Waals surface area contributed by atoms with Crippen molar-refractivity contribution in [1.29, 1.82) is 0 Å². The molecule has 0 aliphatic heterocycles. The smallest absolute Gasteiger partial charge is 0.128 e. The molecule has 1 aliphatic carbocycles. The minimum absolute atomic E-state index is 0.644. The van der Waals surface area contributed by atoms with Crippen LogP contribution in [0.2, 0.25) is 0 Å². The fraction of sp³-hybridized carbons (Fsp3) is 0.722. The van der Waals surface area contributed by atoms with E-state index >= 15 is 0 Å². The fourth-order valence-electron chi connectivity index (χ4n) is 3.29. The molecule has 0 saturated heterocycles. The molecule has 2 unspecified atom stereocenters. The van der Waals surface area contributed by atoms with Crippen molar-refractivity contribution in [1.82, 2.24) is 10.3 Å². The van der Waals surface area contributed by atoms with Crippen LogP contribution in [0.4, 0.5) is 5.82 Å². The predicted octanol–water partition coefficient (Wildman–Crippen LogP) is 3.84. The van der Waals surface area contributed by atoms with Crippen LogP contribution in [0.15, 0.2) is 18.2 Å². The number of rotatable bonds is 6. The van der Waals surface area contributed by atoms with Crippen molar-refractivity contribution in [3.8, 4) is 0 Å². The number of anilines is 1. The van der Waals surface area contributed by atoms with Crippen molar-refractivity contribution < 1.29 is 0 Å². The Morgan fingerprint density at radius 3 is 2.76 bits per heavy atom. The van der Waals surface area contributed by atoms with Gasteiger partial charge in [0.2, 0.25) is 0 Å². The summed E-state index contributed by atoms with van der Waals surface area (Å²) < 4.78 is 0. The Labute approximate surface area is 130 Å². The van der Waals surface area contributed by atoms with Gasteiger partial charge in [-0.15, -0.1) is 0 Å². The minimum atomic E-state index is 0.644. The SMILES string of the molecule is CC(C)CNCc1cccc(N(C)C2CCCCC2C)n1. The topological polar surface area (TPSA) is 28.2 Å². The number of hydrogen-bond acceptors (Lipinski definition) is 3. The molecule has 1 aromatic heterocycles. The van der Waals surface area contributed by atoms with E-state index in [-0.39, 0.29) is 0 Å². The van der Waals surface area contributed by atoms with E-state index in [1.807, 2.05) is 0 Å². The van der Waals surface area contributed by atoms with Crippen LogP contribution in [0.5, 0.6) is 0 Å². The molecule has 0 aromatic carbocycles. The van der Waals surface area contributed by atoms with Crippen LogP contribution in [0.25, 0.3) is 0 Å². The Balaban J connectivity index is 1.98. The number of hydrogen-bond donors (Lipinski definition) is 1. The molecule has 1 aromatic rings. The Morgan fingerprint density at radius 1 is 1.29 bits per heavy atom. The van der Waals surface area contributed by atoms with Gasteiger partial charge in [-0.1, -0.05) is 39.7 Å². The van der Waals surface area contributed by atoms with Crippen LogP contribution in [-0.2, 0) is 6.54 Å². The number of nitrogens with zero attached hydrogens (tertiary/aromatic N) is 2. The highest BCUT2D eigenvalue weighted by atomic mass is 15.2. The highest BCUT2D eigenvalue weighted by Gasteiger charge is 2.25. The zero-order chi connectivity index (χ0) is 15.2. The first-order valence-electron chi connectivity index (χ1n) is 8.47. The van der Waals surface area contributed by atoms with E-state index in [2.05, 4.69) is 56.2 Å². The Morgan fingerprint density at radius 2 is 2.05 bits per heavy atom. The Kier molecular flexibility index (Phi) is 6.04. The molecule has 1 aliphatic rings. The van der Waals surface area contributed by atoms with Crippen molar-refractivity contribution >= 4 is 5.82 Å². The zero-order valence-electron chi connectivity index (χ0n) is 14.1. The lowest BCUT2D eigenvalue weighted by atomic mass is 9.85.